The summed E-state index contributed by atoms with van der Waals surface area (Å²) in [4.78, 5) is 29.0. The molecular weight excluding hydrogens is 334 g/mol. The molecular formula is C19H21N3O4. The van der Waals surface area contributed by atoms with Crippen molar-refractivity contribution in [3.8, 4) is 5.75 Å². The van der Waals surface area contributed by atoms with Crippen molar-refractivity contribution < 1.29 is 14.6 Å². The van der Waals surface area contributed by atoms with E-state index in [0.717, 1.165) is 18.4 Å². The van der Waals surface area contributed by atoms with Crippen molar-refractivity contribution in [2.45, 2.75) is 32.7 Å². The SMILES string of the molecule is CCOC(=O)c1cnc2n(c1=O)C(C)CC/C2=C\Nc1ccccc1O. The molecule has 0 fully saturated rings. The van der Waals surface area contributed by atoms with Gasteiger partial charge in [-0.15, -0.1) is 0 Å². The first kappa shape index (κ1) is 17.7. The standard InChI is InChI=1S/C19H21N3O4/c1-3-26-19(25)14-11-21-17-13(9-8-12(2)22(17)18(14)24)10-20-15-6-4-5-7-16(15)23/h4-7,10-12,20,23H,3,8-9H2,1-2H3/b13-10+. The Bertz CT molecular complexity index is 917. The Morgan fingerprint density at radius 3 is 2.96 bits per heavy atom. The van der Waals surface area contributed by atoms with Gasteiger partial charge in [-0.1, -0.05) is 12.1 Å². The van der Waals surface area contributed by atoms with E-state index in [-0.39, 0.29) is 24.0 Å². The first-order valence-electron chi connectivity index (χ1n) is 8.55. The molecule has 7 nitrogen and oxygen atoms in total. The van der Waals surface area contributed by atoms with Crippen LogP contribution in [0.4, 0.5) is 5.69 Å². The van der Waals surface area contributed by atoms with Gasteiger partial charge in [-0.05, 0) is 38.8 Å². The number of fused-ring (bicyclic) bond motifs is 1. The van der Waals surface area contributed by atoms with Gasteiger partial charge in [0.25, 0.3) is 5.56 Å². The molecule has 0 saturated heterocycles. The molecule has 7 heteroatoms. The third kappa shape index (κ3) is 3.33. The van der Waals surface area contributed by atoms with Crippen molar-refractivity contribution in [1.29, 1.82) is 0 Å². The Kier molecular flexibility index (Phi) is 5.06. The maximum atomic E-state index is 12.7. The number of nitrogens with one attached hydrogen (secondary N) is 1. The summed E-state index contributed by atoms with van der Waals surface area (Å²) in [6, 6.07) is 6.82. The van der Waals surface area contributed by atoms with Gasteiger partial charge in [-0.2, -0.15) is 0 Å². The zero-order valence-electron chi connectivity index (χ0n) is 14.7. The molecule has 2 heterocycles. The van der Waals surface area contributed by atoms with Gasteiger partial charge in [0, 0.05) is 24.0 Å². The van der Waals surface area contributed by atoms with E-state index in [4.69, 9.17) is 4.74 Å². The second kappa shape index (κ2) is 7.43. The van der Waals surface area contributed by atoms with Gasteiger partial charge in [0.2, 0.25) is 0 Å². The number of hydrogen-bond donors (Lipinski definition) is 2. The van der Waals surface area contributed by atoms with Gasteiger partial charge in [0.1, 0.15) is 17.1 Å². The minimum absolute atomic E-state index is 0.0580. The fraction of sp³-hybridized carbons (Fsp3) is 0.316. The minimum Gasteiger partial charge on any atom is -0.506 e. The molecule has 136 valence electrons. The van der Waals surface area contributed by atoms with Crippen molar-refractivity contribution in [1.82, 2.24) is 9.55 Å². The molecule has 1 unspecified atom stereocenters. The maximum Gasteiger partial charge on any atom is 0.345 e. The maximum absolute atomic E-state index is 12.7. The van der Waals surface area contributed by atoms with Crippen molar-refractivity contribution in [2.75, 3.05) is 11.9 Å². The average molecular weight is 355 g/mol. The lowest BCUT2D eigenvalue weighted by atomic mass is 10.0. The molecule has 2 N–H and O–H groups in total. The molecule has 0 bridgehead atoms. The highest BCUT2D eigenvalue weighted by Crippen LogP contribution is 2.30. The quantitative estimate of drug-likeness (QED) is 0.647. The van der Waals surface area contributed by atoms with Gasteiger partial charge in [-0.3, -0.25) is 9.36 Å². The highest BCUT2D eigenvalue weighted by atomic mass is 16.5. The molecule has 1 atom stereocenters. The topological polar surface area (TPSA) is 93.5 Å². The van der Waals surface area contributed by atoms with E-state index in [1.165, 1.54) is 10.8 Å². The van der Waals surface area contributed by atoms with Crippen LogP contribution in [0.1, 0.15) is 48.9 Å². The fourth-order valence-corrected chi connectivity index (χ4v) is 2.97. The largest absolute Gasteiger partial charge is 0.506 e. The van der Waals surface area contributed by atoms with E-state index in [1.54, 1.807) is 31.3 Å². The summed E-state index contributed by atoms with van der Waals surface area (Å²) in [5.74, 6) is -0.00260. The molecule has 1 aromatic carbocycles. The Hall–Kier alpha value is -3.09. The number of hydrogen-bond acceptors (Lipinski definition) is 6. The Morgan fingerprint density at radius 2 is 2.23 bits per heavy atom. The van der Waals surface area contributed by atoms with Crippen LogP contribution < -0.4 is 10.9 Å². The van der Waals surface area contributed by atoms with E-state index in [0.29, 0.717) is 11.5 Å². The second-order valence-electron chi connectivity index (χ2n) is 6.11. The van der Waals surface area contributed by atoms with Crippen LogP contribution in [-0.4, -0.2) is 27.2 Å². The number of phenols is 1. The van der Waals surface area contributed by atoms with Crippen molar-refractivity contribution >= 4 is 17.2 Å². The summed E-state index contributed by atoms with van der Waals surface area (Å²) in [6.07, 6.45) is 4.49. The van der Waals surface area contributed by atoms with Gasteiger partial charge in [-0.25, -0.2) is 9.78 Å². The molecule has 0 aliphatic carbocycles. The third-order valence-corrected chi connectivity index (χ3v) is 4.35. The molecule has 1 aliphatic rings. The van der Waals surface area contributed by atoms with Gasteiger partial charge < -0.3 is 15.2 Å². The van der Waals surface area contributed by atoms with Crippen LogP contribution in [-0.2, 0) is 4.74 Å². The third-order valence-electron chi connectivity index (χ3n) is 4.35. The van der Waals surface area contributed by atoms with Crippen LogP contribution in [0.15, 0.2) is 41.5 Å². The Balaban J connectivity index is 1.99. The second-order valence-corrected chi connectivity index (χ2v) is 6.11. The van der Waals surface area contributed by atoms with Gasteiger partial charge in [0.15, 0.2) is 0 Å². The smallest absolute Gasteiger partial charge is 0.345 e. The van der Waals surface area contributed by atoms with Crippen molar-refractivity contribution in [3.05, 3.63) is 58.4 Å². The molecule has 26 heavy (non-hydrogen) atoms. The number of rotatable bonds is 4. The zero-order chi connectivity index (χ0) is 18.7. The van der Waals surface area contributed by atoms with E-state index in [2.05, 4.69) is 10.3 Å². The molecule has 0 amide bonds. The molecule has 2 aromatic rings. The number of phenolic OH excluding ortho intramolecular Hbond substituents is 1. The number of esters is 1. The van der Waals surface area contributed by atoms with Gasteiger partial charge in [0.05, 0.1) is 12.3 Å². The van der Waals surface area contributed by atoms with Crippen LogP contribution >= 0.6 is 0 Å². The summed E-state index contributed by atoms with van der Waals surface area (Å²) in [6.45, 7) is 3.81. The number of ether oxygens (including phenoxy) is 1. The van der Waals surface area contributed by atoms with Crippen LogP contribution in [0, 0.1) is 0 Å². The summed E-state index contributed by atoms with van der Waals surface area (Å²) in [5.41, 5.74) is 0.945. The number of allylic oxidation sites excluding steroid dienone is 1. The van der Waals surface area contributed by atoms with E-state index in [1.807, 2.05) is 13.0 Å². The lowest BCUT2D eigenvalue weighted by molar-refractivity contribution is 0.0522. The predicted octanol–water partition coefficient (Wildman–Crippen LogP) is 2.93. The molecule has 1 aliphatic heterocycles. The van der Waals surface area contributed by atoms with Crippen molar-refractivity contribution in [2.24, 2.45) is 0 Å². The van der Waals surface area contributed by atoms with E-state index in [9.17, 15) is 14.7 Å². The summed E-state index contributed by atoms with van der Waals surface area (Å²) in [5, 5.41) is 12.9. The number of para-hydroxylation sites is 2. The highest BCUT2D eigenvalue weighted by molar-refractivity contribution is 5.88. The Morgan fingerprint density at radius 1 is 1.46 bits per heavy atom. The first-order valence-corrected chi connectivity index (χ1v) is 8.55. The number of carbonyl (C=O) groups excluding carboxylic acids is 1. The fourth-order valence-electron chi connectivity index (χ4n) is 2.97. The number of aromatic nitrogens is 2. The van der Waals surface area contributed by atoms with Crippen LogP contribution in [0.3, 0.4) is 0 Å². The summed E-state index contributed by atoms with van der Waals surface area (Å²) in [7, 11) is 0. The lowest BCUT2D eigenvalue weighted by Gasteiger charge is -2.26. The molecule has 1 aromatic heterocycles. The van der Waals surface area contributed by atoms with Gasteiger partial charge >= 0.3 is 5.97 Å². The van der Waals surface area contributed by atoms with Crippen LogP contribution in [0.25, 0.3) is 5.57 Å². The van der Waals surface area contributed by atoms with Crippen LogP contribution in [0.5, 0.6) is 5.75 Å². The number of anilines is 1. The molecule has 3 rings (SSSR count). The minimum atomic E-state index is -0.657. The van der Waals surface area contributed by atoms with E-state index >= 15 is 0 Å². The Labute approximate surface area is 151 Å². The number of aromatic hydroxyl groups is 1. The number of nitrogens with zero attached hydrogens (tertiary/aromatic N) is 2. The molecule has 0 saturated carbocycles. The van der Waals surface area contributed by atoms with Crippen molar-refractivity contribution in [3.63, 3.8) is 0 Å². The molecule has 0 radical (unpaired) electrons. The first-order chi connectivity index (χ1) is 12.5. The normalized spacial score (nSPS) is 17.6. The predicted molar refractivity (Wildman–Crippen MR) is 98.1 cm³/mol. The van der Waals surface area contributed by atoms with E-state index < -0.39 is 11.5 Å². The summed E-state index contributed by atoms with van der Waals surface area (Å²) >= 11 is 0. The lowest BCUT2D eigenvalue weighted by Crippen LogP contribution is -2.34. The monoisotopic (exact) mass is 355 g/mol. The number of carbonyl (C=O) groups is 1. The molecule has 0 spiro atoms. The number of benzene rings is 1. The summed E-state index contributed by atoms with van der Waals surface area (Å²) < 4.78 is 6.47. The van der Waals surface area contributed by atoms with Crippen LogP contribution in [0.2, 0.25) is 0 Å². The average Bonchev–Trinajstić information content (AvgIpc) is 2.62. The highest BCUT2D eigenvalue weighted by Gasteiger charge is 2.26. The zero-order valence-corrected chi connectivity index (χ0v) is 14.7.